The first kappa shape index (κ1) is 9.73. The molecule has 4 N–H and O–H groups in total. The Morgan fingerprint density at radius 3 is 2.50 bits per heavy atom. The van der Waals surface area contributed by atoms with Crippen molar-refractivity contribution in [2.24, 2.45) is 0 Å². The van der Waals surface area contributed by atoms with Crippen LogP contribution >= 0.6 is 27.3 Å². The number of halogens is 1. The molecule has 0 amide bonds. The highest BCUT2D eigenvalue weighted by atomic mass is 79.9. The van der Waals surface area contributed by atoms with Gasteiger partial charge >= 0.3 is 0 Å². The molecule has 0 aliphatic heterocycles. The SMILES string of the molecule is Cc1nc2sc(C)c(Br)c2c(N)c1N. The molecule has 2 aromatic rings. The van der Waals surface area contributed by atoms with Crippen LogP contribution < -0.4 is 11.5 Å². The first-order chi connectivity index (χ1) is 6.52. The van der Waals surface area contributed by atoms with Crippen LogP contribution in [-0.2, 0) is 0 Å². The van der Waals surface area contributed by atoms with Crippen LogP contribution in [0.2, 0.25) is 0 Å². The minimum atomic E-state index is 0.580. The molecule has 2 heterocycles. The van der Waals surface area contributed by atoms with Gasteiger partial charge in [-0.1, -0.05) is 0 Å². The zero-order valence-corrected chi connectivity index (χ0v) is 10.3. The standard InChI is InChI=1S/C9H10BrN3S/c1-3-7(11)8(12)5-6(10)4(2)14-9(5)13-3/h11H2,1-2H3,(H2,12,13). The van der Waals surface area contributed by atoms with E-state index in [-0.39, 0.29) is 0 Å². The van der Waals surface area contributed by atoms with Crippen molar-refractivity contribution in [2.75, 3.05) is 11.5 Å². The second kappa shape index (κ2) is 3.10. The number of aromatic nitrogens is 1. The average molecular weight is 272 g/mol. The van der Waals surface area contributed by atoms with Crippen molar-refractivity contribution >= 4 is 48.9 Å². The topological polar surface area (TPSA) is 64.9 Å². The molecule has 0 radical (unpaired) electrons. The summed E-state index contributed by atoms with van der Waals surface area (Å²) in [5, 5.41) is 0.940. The highest BCUT2D eigenvalue weighted by Gasteiger charge is 2.14. The summed E-state index contributed by atoms with van der Waals surface area (Å²) in [5.41, 5.74) is 13.8. The second-order valence-corrected chi connectivity index (χ2v) is 5.17. The molecule has 0 atom stereocenters. The number of thiophene rings is 1. The van der Waals surface area contributed by atoms with Crippen molar-refractivity contribution in [2.45, 2.75) is 13.8 Å². The minimum Gasteiger partial charge on any atom is -0.396 e. The Morgan fingerprint density at radius 2 is 1.86 bits per heavy atom. The lowest BCUT2D eigenvalue weighted by molar-refractivity contribution is 1.28. The number of nitrogens with zero attached hydrogens (tertiary/aromatic N) is 1. The van der Waals surface area contributed by atoms with E-state index >= 15 is 0 Å². The lowest BCUT2D eigenvalue weighted by Gasteiger charge is -2.04. The number of aryl methyl sites for hydroxylation is 2. The van der Waals surface area contributed by atoms with Crippen LogP contribution in [0.15, 0.2) is 4.47 Å². The van der Waals surface area contributed by atoms with Gasteiger partial charge in [0, 0.05) is 9.35 Å². The van der Waals surface area contributed by atoms with Crippen LogP contribution in [0.25, 0.3) is 10.2 Å². The number of fused-ring (bicyclic) bond motifs is 1. The number of nitrogens with two attached hydrogens (primary N) is 2. The molecule has 0 spiro atoms. The Kier molecular flexibility index (Phi) is 2.16. The van der Waals surface area contributed by atoms with Crippen molar-refractivity contribution in [1.82, 2.24) is 4.98 Å². The van der Waals surface area contributed by atoms with E-state index in [0.717, 1.165) is 20.4 Å². The molecule has 0 saturated heterocycles. The predicted molar refractivity (Wildman–Crippen MR) is 65.6 cm³/mol. The van der Waals surface area contributed by atoms with E-state index in [0.29, 0.717) is 11.4 Å². The van der Waals surface area contributed by atoms with E-state index < -0.39 is 0 Å². The summed E-state index contributed by atoms with van der Waals surface area (Å²) in [6, 6.07) is 0. The van der Waals surface area contributed by atoms with E-state index in [2.05, 4.69) is 20.9 Å². The molecule has 0 saturated carbocycles. The zero-order valence-electron chi connectivity index (χ0n) is 7.89. The molecule has 0 aromatic carbocycles. The summed E-state index contributed by atoms with van der Waals surface area (Å²) < 4.78 is 1.01. The van der Waals surface area contributed by atoms with E-state index in [9.17, 15) is 0 Å². The summed E-state index contributed by atoms with van der Waals surface area (Å²) >= 11 is 5.12. The van der Waals surface area contributed by atoms with Gasteiger partial charge in [-0.2, -0.15) is 0 Å². The number of anilines is 2. The number of pyridine rings is 1. The monoisotopic (exact) mass is 271 g/mol. The Balaban J connectivity index is 2.99. The molecule has 2 aromatic heterocycles. The number of rotatable bonds is 0. The highest BCUT2D eigenvalue weighted by Crippen LogP contribution is 2.40. The summed E-state index contributed by atoms with van der Waals surface area (Å²) in [6.07, 6.45) is 0. The molecule has 3 nitrogen and oxygen atoms in total. The molecular weight excluding hydrogens is 262 g/mol. The lowest BCUT2D eigenvalue weighted by atomic mass is 10.2. The van der Waals surface area contributed by atoms with Gasteiger partial charge in [0.15, 0.2) is 0 Å². The molecule has 0 fully saturated rings. The Morgan fingerprint density at radius 1 is 1.21 bits per heavy atom. The first-order valence-electron chi connectivity index (χ1n) is 4.12. The third-order valence-corrected chi connectivity index (χ3v) is 4.46. The van der Waals surface area contributed by atoms with Gasteiger partial charge in [-0.05, 0) is 29.8 Å². The van der Waals surface area contributed by atoms with E-state index in [1.807, 2.05) is 13.8 Å². The van der Waals surface area contributed by atoms with Crippen molar-refractivity contribution in [1.29, 1.82) is 0 Å². The van der Waals surface area contributed by atoms with Crippen molar-refractivity contribution in [3.63, 3.8) is 0 Å². The number of nitrogen functional groups attached to an aromatic ring is 2. The average Bonchev–Trinajstić information content (AvgIpc) is 2.39. The summed E-state index contributed by atoms with van der Waals surface area (Å²) in [6.45, 7) is 3.90. The summed E-state index contributed by atoms with van der Waals surface area (Å²) in [7, 11) is 0. The van der Waals surface area contributed by atoms with Gasteiger partial charge in [-0.25, -0.2) is 4.98 Å². The van der Waals surface area contributed by atoms with Crippen molar-refractivity contribution in [3.05, 3.63) is 15.0 Å². The van der Waals surface area contributed by atoms with Crippen LogP contribution in [0.3, 0.4) is 0 Å². The first-order valence-corrected chi connectivity index (χ1v) is 5.73. The predicted octanol–water partition coefficient (Wildman–Crippen LogP) is 2.84. The van der Waals surface area contributed by atoms with E-state index in [1.165, 1.54) is 4.88 Å². The van der Waals surface area contributed by atoms with Crippen LogP contribution in [-0.4, -0.2) is 4.98 Å². The fourth-order valence-corrected chi connectivity index (χ4v) is 3.12. The maximum absolute atomic E-state index is 5.94. The largest absolute Gasteiger partial charge is 0.396 e. The quantitative estimate of drug-likeness (QED) is 0.775. The smallest absolute Gasteiger partial charge is 0.127 e. The fraction of sp³-hybridized carbons (Fsp3) is 0.222. The highest BCUT2D eigenvalue weighted by molar-refractivity contribution is 9.10. The van der Waals surface area contributed by atoms with Gasteiger partial charge in [0.2, 0.25) is 0 Å². The van der Waals surface area contributed by atoms with Crippen molar-refractivity contribution < 1.29 is 0 Å². The van der Waals surface area contributed by atoms with Gasteiger partial charge < -0.3 is 11.5 Å². The number of hydrogen-bond donors (Lipinski definition) is 2. The molecule has 0 aliphatic carbocycles. The Bertz CT molecular complexity index is 518. The van der Waals surface area contributed by atoms with Crippen LogP contribution in [0.4, 0.5) is 11.4 Å². The summed E-state index contributed by atoms with van der Waals surface area (Å²) in [4.78, 5) is 6.51. The molecular formula is C9H10BrN3S. The van der Waals surface area contributed by atoms with Gasteiger partial charge in [0.05, 0.1) is 22.5 Å². The maximum atomic E-state index is 5.94. The Labute approximate surface area is 94.3 Å². The van der Waals surface area contributed by atoms with Crippen LogP contribution in [0.1, 0.15) is 10.6 Å². The molecule has 14 heavy (non-hydrogen) atoms. The fourth-order valence-electron chi connectivity index (χ4n) is 1.37. The summed E-state index contributed by atoms with van der Waals surface area (Å²) in [5.74, 6) is 0. The minimum absolute atomic E-state index is 0.580. The lowest BCUT2D eigenvalue weighted by Crippen LogP contribution is -1.99. The number of hydrogen-bond acceptors (Lipinski definition) is 4. The third kappa shape index (κ3) is 1.19. The van der Waals surface area contributed by atoms with Gasteiger partial charge in [-0.15, -0.1) is 11.3 Å². The third-order valence-electron chi connectivity index (χ3n) is 2.21. The van der Waals surface area contributed by atoms with Crippen LogP contribution in [0, 0.1) is 13.8 Å². The van der Waals surface area contributed by atoms with Gasteiger partial charge in [-0.3, -0.25) is 0 Å². The van der Waals surface area contributed by atoms with Gasteiger partial charge in [0.1, 0.15) is 4.83 Å². The van der Waals surface area contributed by atoms with E-state index in [1.54, 1.807) is 11.3 Å². The molecule has 5 heteroatoms. The molecule has 2 rings (SSSR count). The van der Waals surface area contributed by atoms with E-state index in [4.69, 9.17) is 11.5 Å². The molecule has 0 bridgehead atoms. The normalized spacial score (nSPS) is 11.1. The molecule has 74 valence electrons. The Hall–Kier alpha value is -0.810. The second-order valence-electron chi connectivity index (χ2n) is 3.18. The maximum Gasteiger partial charge on any atom is 0.127 e. The van der Waals surface area contributed by atoms with Crippen molar-refractivity contribution in [3.8, 4) is 0 Å². The molecule has 0 unspecified atom stereocenters. The zero-order chi connectivity index (χ0) is 10.5. The van der Waals surface area contributed by atoms with Crippen LogP contribution in [0.5, 0.6) is 0 Å². The molecule has 0 aliphatic rings. The van der Waals surface area contributed by atoms with Gasteiger partial charge in [0.25, 0.3) is 0 Å².